The molecule has 1 amide bonds. The van der Waals surface area contributed by atoms with E-state index in [0.29, 0.717) is 0 Å². The second-order valence-electron chi connectivity index (χ2n) is 4.97. The number of hydrogen-bond donors (Lipinski definition) is 2. The fourth-order valence-corrected chi connectivity index (χ4v) is 3.84. The predicted octanol–water partition coefficient (Wildman–Crippen LogP) is 3.71. The molecule has 2 N–H and O–H groups in total. The van der Waals surface area contributed by atoms with Gasteiger partial charge in [-0.25, -0.2) is 0 Å². The number of rotatable bonds is 6. The minimum Gasteiger partial charge on any atom is -0.360 e. The van der Waals surface area contributed by atoms with E-state index in [1.165, 1.54) is 28.7 Å². The van der Waals surface area contributed by atoms with Crippen LogP contribution < -0.4 is 10.6 Å². The van der Waals surface area contributed by atoms with Crippen LogP contribution in [0, 0.1) is 13.8 Å². The molecule has 0 radical (unpaired) electrons. The van der Waals surface area contributed by atoms with Gasteiger partial charge in [0.25, 0.3) is 0 Å². The Morgan fingerprint density at radius 3 is 2.82 bits per heavy atom. The summed E-state index contributed by atoms with van der Waals surface area (Å²) in [7, 11) is 0. The molecule has 0 aliphatic rings. The van der Waals surface area contributed by atoms with Crippen LogP contribution >= 0.6 is 23.1 Å². The van der Waals surface area contributed by atoms with Crippen molar-refractivity contribution in [2.24, 2.45) is 0 Å². The van der Waals surface area contributed by atoms with Crippen molar-refractivity contribution in [1.82, 2.24) is 10.2 Å². The van der Waals surface area contributed by atoms with E-state index in [9.17, 15) is 4.79 Å². The van der Waals surface area contributed by atoms with Crippen molar-refractivity contribution in [3.63, 3.8) is 0 Å². The average molecular weight is 336 g/mol. The lowest BCUT2D eigenvalue weighted by molar-refractivity contribution is -0.115. The fourth-order valence-electron chi connectivity index (χ4n) is 1.87. The Kier molecular flexibility index (Phi) is 5.79. The maximum atomic E-state index is 12.3. The first-order valence-corrected chi connectivity index (χ1v) is 8.81. The Bertz CT molecular complexity index is 657. The van der Waals surface area contributed by atoms with Gasteiger partial charge in [-0.2, -0.15) is 0 Å². The van der Waals surface area contributed by atoms with E-state index < -0.39 is 0 Å². The maximum Gasteiger partial charge on any atom is 0.237 e. The Balaban J connectivity index is 1.96. The lowest BCUT2D eigenvalue weighted by atomic mass is 10.1. The van der Waals surface area contributed by atoms with Gasteiger partial charge in [0.1, 0.15) is 0 Å². The molecule has 7 heteroatoms. The lowest BCUT2D eigenvalue weighted by Crippen LogP contribution is -2.22. The molecule has 1 aromatic heterocycles. The monoisotopic (exact) mass is 336 g/mol. The number of amides is 1. The highest BCUT2D eigenvalue weighted by molar-refractivity contribution is 8.02. The predicted molar refractivity (Wildman–Crippen MR) is 93.9 cm³/mol. The summed E-state index contributed by atoms with van der Waals surface area (Å²) in [5.74, 6) is -0.0304. The Morgan fingerprint density at radius 2 is 2.14 bits per heavy atom. The standard InChI is InChI=1S/C15H20N4OS2/c1-5-16-14-18-19-15(22-14)21-11(4)13(20)17-12-7-6-9(2)8-10(12)3/h6-8,11H,5H2,1-4H3,(H,16,18)(H,17,20)/t11-/m0/s1. The van der Waals surface area contributed by atoms with E-state index in [-0.39, 0.29) is 11.2 Å². The summed E-state index contributed by atoms with van der Waals surface area (Å²) in [6, 6.07) is 5.99. The largest absolute Gasteiger partial charge is 0.360 e. The molecule has 1 aromatic carbocycles. The average Bonchev–Trinajstić information content (AvgIpc) is 2.89. The fraction of sp³-hybridized carbons (Fsp3) is 0.400. The zero-order valence-electron chi connectivity index (χ0n) is 13.1. The number of nitrogens with zero attached hydrogens (tertiary/aromatic N) is 2. The van der Waals surface area contributed by atoms with Crippen LogP contribution in [0.3, 0.4) is 0 Å². The number of hydrogen-bond acceptors (Lipinski definition) is 6. The van der Waals surface area contributed by atoms with Crippen LogP contribution in [-0.4, -0.2) is 27.9 Å². The summed E-state index contributed by atoms with van der Waals surface area (Å²) < 4.78 is 0.791. The minimum atomic E-state index is -0.233. The highest BCUT2D eigenvalue weighted by atomic mass is 32.2. The number of thioether (sulfide) groups is 1. The topological polar surface area (TPSA) is 66.9 Å². The van der Waals surface area contributed by atoms with Gasteiger partial charge in [-0.3, -0.25) is 4.79 Å². The molecule has 0 unspecified atom stereocenters. The Morgan fingerprint density at radius 1 is 1.36 bits per heavy atom. The molecule has 0 bridgehead atoms. The van der Waals surface area contributed by atoms with Crippen molar-refractivity contribution in [2.75, 3.05) is 17.2 Å². The van der Waals surface area contributed by atoms with Gasteiger partial charge in [-0.1, -0.05) is 40.8 Å². The third-order valence-corrected chi connectivity index (χ3v) is 5.09. The van der Waals surface area contributed by atoms with Crippen LogP contribution in [0.15, 0.2) is 22.5 Å². The number of aromatic nitrogens is 2. The first kappa shape index (κ1) is 16.8. The van der Waals surface area contributed by atoms with Gasteiger partial charge >= 0.3 is 0 Å². The quantitative estimate of drug-likeness (QED) is 0.787. The zero-order valence-corrected chi connectivity index (χ0v) is 14.8. The summed E-state index contributed by atoms with van der Waals surface area (Å²) in [6.45, 7) is 8.72. The zero-order chi connectivity index (χ0) is 16.1. The summed E-state index contributed by atoms with van der Waals surface area (Å²) in [4.78, 5) is 12.3. The smallest absolute Gasteiger partial charge is 0.237 e. The second-order valence-corrected chi connectivity index (χ2v) is 7.54. The number of nitrogens with one attached hydrogen (secondary N) is 2. The van der Waals surface area contributed by atoms with Gasteiger partial charge in [0.15, 0.2) is 4.34 Å². The van der Waals surface area contributed by atoms with Gasteiger partial charge in [0.2, 0.25) is 11.0 Å². The third-order valence-electron chi connectivity index (χ3n) is 3.02. The van der Waals surface area contributed by atoms with Crippen LogP contribution in [0.25, 0.3) is 0 Å². The highest BCUT2D eigenvalue weighted by Gasteiger charge is 2.17. The first-order chi connectivity index (χ1) is 10.5. The van der Waals surface area contributed by atoms with E-state index in [1.807, 2.05) is 39.8 Å². The number of carbonyl (C=O) groups is 1. The number of aryl methyl sites for hydroxylation is 2. The molecular weight excluding hydrogens is 316 g/mol. The van der Waals surface area contributed by atoms with Gasteiger partial charge in [0, 0.05) is 12.2 Å². The summed E-state index contributed by atoms with van der Waals surface area (Å²) >= 11 is 2.88. The Hall–Kier alpha value is -1.60. The van der Waals surface area contributed by atoms with Gasteiger partial charge < -0.3 is 10.6 Å². The molecule has 0 aliphatic heterocycles. The normalized spacial score (nSPS) is 12.0. The molecule has 2 aromatic rings. The van der Waals surface area contributed by atoms with E-state index in [2.05, 4.69) is 26.9 Å². The SMILES string of the molecule is CCNc1nnc(S[C@@H](C)C(=O)Nc2ccc(C)cc2C)s1. The number of benzene rings is 1. The van der Waals surface area contributed by atoms with Gasteiger partial charge in [0.05, 0.1) is 5.25 Å². The van der Waals surface area contributed by atoms with Crippen LogP contribution in [0.4, 0.5) is 10.8 Å². The molecule has 0 spiro atoms. The van der Waals surface area contributed by atoms with Gasteiger partial charge in [-0.15, -0.1) is 10.2 Å². The van der Waals surface area contributed by atoms with Crippen LogP contribution in [-0.2, 0) is 4.79 Å². The van der Waals surface area contributed by atoms with Crippen molar-refractivity contribution in [3.8, 4) is 0 Å². The van der Waals surface area contributed by atoms with Crippen molar-refractivity contribution < 1.29 is 4.79 Å². The number of carbonyl (C=O) groups excluding carboxylic acids is 1. The van der Waals surface area contributed by atoms with Crippen LogP contribution in [0.2, 0.25) is 0 Å². The minimum absolute atomic E-state index is 0.0304. The molecule has 2 rings (SSSR count). The highest BCUT2D eigenvalue weighted by Crippen LogP contribution is 2.29. The van der Waals surface area contributed by atoms with Crippen molar-refractivity contribution in [2.45, 2.75) is 37.3 Å². The molecule has 1 atom stereocenters. The van der Waals surface area contributed by atoms with E-state index in [0.717, 1.165) is 27.3 Å². The lowest BCUT2D eigenvalue weighted by Gasteiger charge is -2.12. The van der Waals surface area contributed by atoms with E-state index in [1.54, 1.807) is 0 Å². The second kappa shape index (κ2) is 7.60. The van der Waals surface area contributed by atoms with Crippen LogP contribution in [0.1, 0.15) is 25.0 Å². The number of anilines is 2. The van der Waals surface area contributed by atoms with Crippen LogP contribution in [0.5, 0.6) is 0 Å². The molecule has 1 heterocycles. The molecule has 0 saturated heterocycles. The summed E-state index contributed by atoms with van der Waals surface area (Å²) in [5.41, 5.74) is 3.10. The molecule has 22 heavy (non-hydrogen) atoms. The van der Waals surface area contributed by atoms with Gasteiger partial charge in [-0.05, 0) is 39.3 Å². The summed E-state index contributed by atoms with van der Waals surface area (Å²) in [6.07, 6.45) is 0. The molecular formula is C15H20N4OS2. The summed E-state index contributed by atoms with van der Waals surface area (Å²) in [5, 5.41) is 14.7. The molecule has 118 valence electrons. The molecule has 0 aliphatic carbocycles. The molecule has 0 saturated carbocycles. The van der Waals surface area contributed by atoms with Crippen molar-refractivity contribution >= 4 is 39.8 Å². The molecule has 5 nitrogen and oxygen atoms in total. The molecule has 0 fully saturated rings. The van der Waals surface area contributed by atoms with E-state index in [4.69, 9.17) is 0 Å². The third kappa shape index (κ3) is 4.45. The maximum absolute atomic E-state index is 12.3. The Labute approximate surface area is 138 Å². The van der Waals surface area contributed by atoms with Crippen molar-refractivity contribution in [1.29, 1.82) is 0 Å². The first-order valence-electron chi connectivity index (χ1n) is 7.11. The van der Waals surface area contributed by atoms with E-state index >= 15 is 0 Å². The van der Waals surface area contributed by atoms with Crippen molar-refractivity contribution in [3.05, 3.63) is 29.3 Å².